The van der Waals surface area contributed by atoms with Crippen molar-refractivity contribution in [2.45, 2.75) is 38.6 Å². The van der Waals surface area contributed by atoms with Crippen molar-refractivity contribution in [2.24, 2.45) is 0 Å². The highest BCUT2D eigenvalue weighted by Crippen LogP contribution is 2.20. The van der Waals surface area contributed by atoms with Crippen LogP contribution in [0.2, 0.25) is 0 Å². The number of aromatic nitrogens is 2. The van der Waals surface area contributed by atoms with Crippen molar-refractivity contribution in [3.05, 3.63) is 17.5 Å². The topological polar surface area (TPSA) is 81.3 Å². The molecule has 1 aromatic heterocycles. The van der Waals surface area contributed by atoms with E-state index in [1.807, 2.05) is 15.9 Å². The van der Waals surface area contributed by atoms with Crippen molar-refractivity contribution in [3.8, 4) is 0 Å². The van der Waals surface area contributed by atoms with Crippen molar-refractivity contribution in [3.63, 3.8) is 0 Å². The van der Waals surface area contributed by atoms with E-state index < -0.39 is 0 Å². The van der Waals surface area contributed by atoms with Crippen molar-refractivity contribution < 1.29 is 9.59 Å². The molecule has 0 radical (unpaired) electrons. The summed E-state index contributed by atoms with van der Waals surface area (Å²) in [5.74, 6) is 0.412. The second-order valence-corrected chi connectivity index (χ2v) is 6.67. The molecule has 2 amide bonds. The number of carbonyl (C=O) groups excluding carboxylic acids is 2. The molecule has 126 valence electrons. The lowest BCUT2D eigenvalue weighted by Crippen LogP contribution is -2.57. The van der Waals surface area contributed by atoms with Gasteiger partial charge in [-0.3, -0.25) is 14.7 Å². The SMILES string of the molecule is CC(C)c1cc(C(=O)N2CCCC(N3CCNCC3=O)C2)n[nH]1. The molecule has 23 heavy (non-hydrogen) atoms. The maximum absolute atomic E-state index is 12.7. The summed E-state index contributed by atoms with van der Waals surface area (Å²) in [6, 6.07) is 1.97. The Morgan fingerprint density at radius 1 is 1.39 bits per heavy atom. The molecule has 1 atom stereocenters. The van der Waals surface area contributed by atoms with E-state index in [-0.39, 0.29) is 17.9 Å². The van der Waals surface area contributed by atoms with Crippen molar-refractivity contribution >= 4 is 11.8 Å². The quantitative estimate of drug-likeness (QED) is 0.853. The number of amides is 2. The van der Waals surface area contributed by atoms with E-state index in [0.717, 1.165) is 38.2 Å². The van der Waals surface area contributed by atoms with E-state index in [0.29, 0.717) is 24.7 Å². The molecule has 0 aromatic carbocycles. The zero-order valence-electron chi connectivity index (χ0n) is 13.8. The highest BCUT2D eigenvalue weighted by molar-refractivity contribution is 5.92. The van der Waals surface area contributed by atoms with Gasteiger partial charge in [-0.1, -0.05) is 13.8 Å². The summed E-state index contributed by atoms with van der Waals surface area (Å²) in [6.07, 6.45) is 1.89. The first kappa shape index (κ1) is 16.0. The minimum absolute atomic E-state index is 0.0413. The standard InChI is InChI=1S/C16H25N5O2/c1-11(2)13-8-14(19-18-13)16(23)20-6-3-4-12(10-20)21-7-5-17-9-15(21)22/h8,11-12,17H,3-7,9-10H2,1-2H3,(H,18,19). The zero-order valence-corrected chi connectivity index (χ0v) is 13.8. The second kappa shape index (κ2) is 6.70. The number of aromatic amines is 1. The minimum Gasteiger partial charge on any atom is -0.336 e. The van der Waals surface area contributed by atoms with Crippen molar-refractivity contribution in [2.75, 3.05) is 32.7 Å². The number of carbonyl (C=O) groups is 2. The smallest absolute Gasteiger partial charge is 0.274 e. The lowest BCUT2D eigenvalue weighted by atomic mass is 10.0. The van der Waals surface area contributed by atoms with Gasteiger partial charge in [0.2, 0.25) is 5.91 Å². The molecule has 7 nitrogen and oxygen atoms in total. The normalized spacial score (nSPS) is 22.7. The first-order valence-electron chi connectivity index (χ1n) is 8.41. The van der Waals surface area contributed by atoms with E-state index in [9.17, 15) is 9.59 Å². The molecule has 0 bridgehead atoms. The molecule has 1 aromatic rings. The van der Waals surface area contributed by atoms with E-state index in [1.165, 1.54) is 0 Å². The molecule has 3 heterocycles. The number of nitrogens with zero attached hydrogens (tertiary/aromatic N) is 3. The predicted octanol–water partition coefficient (Wildman–Crippen LogP) is 0.570. The van der Waals surface area contributed by atoms with E-state index in [1.54, 1.807) is 0 Å². The van der Waals surface area contributed by atoms with Gasteiger partial charge in [-0.25, -0.2) is 0 Å². The van der Waals surface area contributed by atoms with Crippen LogP contribution in [-0.4, -0.2) is 70.6 Å². The Labute approximate surface area is 136 Å². The van der Waals surface area contributed by atoms with Crippen molar-refractivity contribution in [1.29, 1.82) is 0 Å². The van der Waals surface area contributed by atoms with Gasteiger partial charge in [-0.2, -0.15) is 5.10 Å². The first-order valence-corrected chi connectivity index (χ1v) is 8.41. The fourth-order valence-electron chi connectivity index (χ4n) is 3.30. The van der Waals surface area contributed by atoms with Crippen LogP contribution in [0.3, 0.4) is 0 Å². The van der Waals surface area contributed by atoms with Crippen LogP contribution in [0.15, 0.2) is 6.07 Å². The van der Waals surface area contributed by atoms with Crippen LogP contribution in [-0.2, 0) is 4.79 Å². The third kappa shape index (κ3) is 3.39. The van der Waals surface area contributed by atoms with Gasteiger partial charge in [0.15, 0.2) is 0 Å². The average molecular weight is 319 g/mol. The highest BCUT2D eigenvalue weighted by atomic mass is 16.2. The largest absolute Gasteiger partial charge is 0.336 e. The van der Waals surface area contributed by atoms with Gasteiger partial charge in [0, 0.05) is 37.9 Å². The molecule has 0 aliphatic carbocycles. The Hall–Kier alpha value is -1.89. The Bertz CT molecular complexity index is 583. The zero-order chi connectivity index (χ0) is 16.4. The first-order chi connectivity index (χ1) is 11.1. The average Bonchev–Trinajstić information content (AvgIpc) is 3.05. The highest BCUT2D eigenvalue weighted by Gasteiger charge is 2.32. The fraction of sp³-hybridized carbons (Fsp3) is 0.688. The second-order valence-electron chi connectivity index (χ2n) is 6.67. The molecule has 0 saturated carbocycles. The molecular formula is C16H25N5O2. The van der Waals surface area contributed by atoms with Crippen molar-refractivity contribution in [1.82, 2.24) is 25.3 Å². The molecule has 7 heteroatoms. The summed E-state index contributed by atoms with van der Waals surface area (Å²) in [6.45, 7) is 7.43. The molecule has 2 aliphatic heterocycles. The third-order valence-electron chi connectivity index (χ3n) is 4.69. The molecule has 0 spiro atoms. The molecule has 3 rings (SSSR count). The summed E-state index contributed by atoms with van der Waals surface area (Å²) in [7, 11) is 0. The maximum atomic E-state index is 12.7. The molecule has 1 unspecified atom stereocenters. The van der Waals surface area contributed by atoms with Gasteiger partial charge >= 0.3 is 0 Å². The van der Waals surface area contributed by atoms with Gasteiger partial charge in [0.05, 0.1) is 6.54 Å². The summed E-state index contributed by atoms with van der Waals surface area (Å²) in [5.41, 5.74) is 1.44. The van der Waals surface area contributed by atoms with E-state index >= 15 is 0 Å². The van der Waals surface area contributed by atoms with Crippen LogP contribution in [0.4, 0.5) is 0 Å². The molecule has 2 N–H and O–H groups in total. The Kier molecular flexibility index (Phi) is 4.66. The molecular weight excluding hydrogens is 294 g/mol. The van der Waals surface area contributed by atoms with Crippen LogP contribution in [0.25, 0.3) is 0 Å². The van der Waals surface area contributed by atoms with E-state index in [4.69, 9.17) is 0 Å². The van der Waals surface area contributed by atoms with Gasteiger partial charge in [-0.05, 0) is 24.8 Å². The number of hydrogen-bond acceptors (Lipinski definition) is 4. The van der Waals surface area contributed by atoms with Gasteiger partial charge in [0.1, 0.15) is 5.69 Å². The number of hydrogen-bond donors (Lipinski definition) is 2. The summed E-state index contributed by atoms with van der Waals surface area (Å²) in [4.78, 5) is 28.5. The lowest BCUT2D eigenvalue weighted by molar-refractivity contribution is -0.135. The number of piperidine rings is 1. The van der Waals surface area contributed by atoms with Crippen LogP contribution in [0, 0.1) is 0 Å². The number of piperazine rings is 1. The van der Waals surface area contributed by atoms with Crippen LogP contribution in [0.5, 0.6) is 0 Å². The van der Waals surface area contributed by atoms with Crippen LogP contribution < -0.4 is 5.32 Å². The Morgan fingerprint density at radius 2 is 2.22 bits per heavy atom. The summed E-state index contributed by atoms with van der Waals surface area (Å²) < 4.78 is 0. The molecule has 2 saturated heterocycles. The number of rotatable bonds is 3. The number of nitrogens with one attached hydrogen (secondary N) is 2. The Morgan fingerprint density at radius 3 is 2.91 bits per heavy atom. The van der Waals surface area contributed by atoms with E-state index in [2.05, 4.69) is 29.4 Å². The number of H-pyrrole nitrogens is 1. The molecule has 2 aliphatic rings. The summed E-state index contributed by atoms with van der Waals surface area (Å²) in [5, 5.41) is 10.2. The van der Waals surface area contributed by atoms with Crippen LogP contribution in [0.1, 0.15) is 48.8 Å². The van der Waals surface area contributed by atoms with Crippen LogP contribution >= 0.6 is 0 Å². The van der Waals surface area contributed by atoms with Gasteiger partial charge in [0.25, 0.3) is 5.91 Å². The Balaban J connectivity index is 1.67. The predicted molar refractivity (Wildman–Crippen MR) is 86.2 cm³/mol. The lowest BCUT2D eigenvalue weighted by Gasteiger charge is -2.40. The summed E-state index contributed by atoms with van der Waals surface area (Å²) >= 11 is 0. The van der Waals surface area contributed by atoms with Gasteiger partial charge < -0.3 is 15.1 Å². The number of likely N-dealkylation sites (tertiary alicyclic amines) is 1. The third-order valence-corrected chi connectivity index (χ3v) is 4.69. The maximum Gasteiger partial charge on any atom is 0.274 e. The van der Waals surface area contributed by atoms with Gasteiger partial charge in [-0.15, -0.1) is 0 Å². The monoisotopic (exact) mass is 319 g/mol. The minimum atomic E-state index is -0.0413. The fourth-order valence-corrected chi connectivity index (χ4v) is 3.30. The molecule has 2 fully saturated rings.